The molecule has 1 saturated heterocycles. The number of rotatable bonds is 6. The number of nitrogens with one attached hydrogen (secondary N) is 3. The maximum absolute atomic E-state index is 12.0. The maximum atomic E-state index is 12.0. The highest BCUT2D eigenvalue weighted by Crippen LogP contribution is 2.11. The number of aliphatic imine (C=N–C) groups is 1. The van der Waals surface area contributed by atoms with E-state index in [2.05, 4.69) is 36.9 Å². The molecule has 3 N–H and O–H groups in total. The van der Waals surface area contributed by atoms with E-state index < -0.39 is 0 Å². The van der Waals surface area contributed by atoms with Crippen molar-refractivity contribution in [3.8, 4) is 0 Å². The van der Waals surface area contributed by atoms with Gasteiger partial charge in [-0.25, -0.2) is 0 Å². The zero-order valence-electron chi connectivity index (χ0n) is 15.2. The minimum absolute atomic E-state index is 0.105. The van der Waals surface area contributed by atoms with Gasteiger partial charge in [-0.3, -0.25) is 14.6 Å². The SMILES string of the molecule is CCC(=O)N1CCC(NC(=NC)NCCNC(=O)c2ccc(Br)cc2)C1. The van der Waals surface area contributed by atoms with Gasteiger partial charge in [0.25, 0.3) is 5.91 Å². The first-order valence-electron chi connectivity index (χ1n) is 8.82. The van der Waals surface area contributed by atoms with Crippen LogP contribution in [0.4, 0.5) is 0 Å². The number of benzene rings is 1. The lowest BCUT2D eigenvalue weighted by molar-refractivity contribution is -0.129. The highest BCUT2D eigenvalue weighted by Gasteiger charge is 2.25. The Bertz CT molecular complexity index is 647. The summed E-state index contributed by atoms with van der Waals surface area (Å²) in [5.74, 6) is 0.762. The lowest BCUT2D eigenvalue weighted by Crippen LogP contribution is -2.46. The molecule has 1 fully saturated rings. The molecule has 0 bridgehead atoms. The Morgan fingerprint density at radius 3 is 2.58 bits per heavy atom. The van der Waals surface area contributed by atoms with Crippen LogP contribution in [0.1, 0.15) is 30.1 Å². The molecule has 1 aromatic rings. The molecule has 7 nitrogen and oxygen atoms in total. The summed E-state index contributed by atoms with van der Waals surface area (Å²) in [6, 6.07) is 7.43. The molecule has 1 aromatic carbocycles. The molecule has 0 saturated carbocycles. The molecule has 26 heavy (non-hydrogen) atoms. The summed E-state index contributed by atoms with van der Waals surface area (Å²) in [4.78, 5) is 29.9. The van der Waals surface area contributed by atoms with Crippen LogP contribution < -0.4 is 16.0 Å². The smallest absolute Gasteiger partial charge is 0.251 e. The van der Waals surface area contributed by atoms with Crippen LogP contribution in [0.25, 0.3) is 0 Å². The average Bonchev–Trinajstić information content (AvgIpc) is 3.12. The molecule has 2 rings (SSSR count). The second-order valence-electron chi connectivity index (χ2n) is 6.09. The Hall–Kier alpha value is -2.09. The van der Waals surface area contributed by atoms with Crippen LogP contribution >= 0.6 is 15.9 Å². The van der Waals surface area contributed by atoms with Crippen molar-refractivity contribution >= 4 is 33.7 Å². The number of amides is 2. The molecule has 1 unspecified atom stereocenters. The molecule has 0 aromatic heterocycles. The summed E-state index contributed by atoms with van der Waals surface area (Å²) in [7, 11) is 1.71. The van der Waals surface area contributed by atoms with Crippen LogP contribution in [-0.2, 0) is 4.79 Å². The van der Waals surface area contributed by atoms with Crippen molar-refractivity contribution in [1.29, 1.82) is 0 Å². The quantitative estimate of drug-likeness (QED) is 0.366. The van der Waals surface area contributed by atoms with Gasteiger partial charge in [0.15, 0.2) is 5.96 Å². The second kappa shape index (κ2) is 10.2. The Morgan fingerprint density at radius 2 is 1.92 bits per heavy atom. The van der Waals surface area contributed by atoms with E-state index in [1.807, 2.05) is 24.0 Å². The van der Waals surface area contributed by atoms with E-state index in [1.54, 1.807) is 19.2 Å². The van der Waals surface area contributed by atoms with Gasteiger partial charge in [-0.2, -0.15) is 0 Å². The average molecular weight is 424 g/mol. The van der Waals surface area contributed by atoms with E-state index in [-0.39, 0.29) is 17.9 Å². The topological polar surface area (TPSA) is 85.8 Å². The Kier molecular flexibility index (Phi) is 7.90. The van der Waals surface area contributed by atoms with E-state index in [1.165, 1.54) is 0 Å². The lowest BCUT2D eigenvalue weighted by Gasteiger charge is -2.18. The molecule has 1 heterocycles. The third kappa shape index (κ3) is 6.01. The number of hydrogen-bond donors (Lipinski definition) is 3. The molecule has 2 amide bonds. The minimum Gasteiger partial charge on any atom is -0.355 e. The zero-order chi connectivity index (χ0) is 18.9. The molecule has 142 valence electrons. The number of carbonyl (C=O) groups excluding carboxylic acids is 2. The molecular weight excluding hydrogens is 398 g/mol. The van der Waals surface area contributed by atoms with Gasteiger partial charge in [-0.15, -0.1) is 0 Å². The normalized spacial score (nSPS) is 17.1. The fourth-order valence-electron chi connectivity index (χ4n) is 2.78. The van der Waals surface area contributed by atoms with Crippen molar-refractivity contribution in [3.05, 3.63) is 34.3 Å². The van der Waals surface area contributed by atoms with Crippen LogP contribution in [0, 0.1) is 0 Å². The van der Waals surface area contributed by atoms with Gasteiger partial charge in [-0.1, -0.05) is 22.9 Å². The first-order valence-corrected chi connectivity index (χ1v) is 9.61. The summed E-state index contributed by atoms with van der Waals surface area (Å²) in [5, 5.41) is 9.38. The minimum atomic E-state index is -0.105. The lowest BCUT2D eigenvalue weighted by atomic mass is 10.2. The van der Waals surface area contributed by atoms with Gasteiger partial charge < -0.3 is 20.9 Å². The van der Waals surface area contributed by atoms with E-state index in [9.17, 15) is 9.59 Å². The Balaban J connectivity index is 1.68. The summed E-state index contributed by atoms with van der Waals surface area (Å²) in [5.41, 5.74) is 0.627. The standard InChI is InChI=1S/C18H26BrN5O2/c1-3-16(25)24-11-8-15(12-24)23-18(20-2)22-10-9-21-17(26)13-4-6-14(19)7-5-13/h4-7,15H,3,8-12H2,1-2H3,(H,21,26)(H2,20,22,23). The van der Waals surface area contributed by atoms with E-state index >= 15 is 0 Å². The third-order valence-electron chi connectivity index (χ3n) is 4.22. The number of nitrogens with zero attached hydrogens (tertiary/aromatic N) is 2. The van der Waals surface area contributed by atoms with Crippen LogP contribution in [0.2, 0.25) is 0 Å². The zero-order valence-corrected chi connectivity index (χ0v) is 16.8. The number of carbonyl (C=O) groups is 2. The van der Waals surface area contributed by atoms with Crippen molar-refractivity contribution in [2.45, 2.75) is 25.8 Å². The molecule has 1 aliphatic rings. The summed E-state index contributed by atoms with van der Waals surface area (Å²) >= 11 is 3.35. The monoisotopic (exact) mass is 423 g/mol. The second-order valence-corrected chi connectivity index (χ2v) is 7.00. The molecule has 0 radical (unpaired) electrons. The van der Waals surface area contributed by atoms with Crippen LogP contribution in [0.3, 0.4) is 0 Å². The molecule has 0 aliphatic carbocycles. The Labute approximate surface area is 162 Å². The van der Waals surface area contributed by atoms with Gasteiger partial charge in [0.1, 0.15) is 0 Å². The highest BCUT2D eigenvalue weighted by atomic mass is 79.9. The first-order chi connectivity index (χ1) is 12.5. The number of halogens is 1. The molecule has 1 atom stereocenters. The van der Waals surface area contributed by atoms with Crippen molar-refractivity contribution < 1.29 is 9.59 Å². The predicted octanol–water partition coefficient (Wildman–Crippen LogP) is 1.35. The number of likely N-dealkylation sites (tertiary alicyclic amines) is 1. The summed E-state index contributed by atoms with van der Waals surface area (Å²) in [6.07, 6.45) is 1.45. The van der Waals surface area contributed by atoms with Gasteiger partial charge >= 0.3 is 0 Å². The summed E-state index contributed by atoms with van der Waals surface area (Å²) in [6.45, 7) is 4.41. The van der Waals surface area contributed by atoms with Crippen molar-refractivity contribution in [3.63, 3.8) is 0 Å². The summed E-state index contributed by atoms with van der Waals surface area (Å²) < 4.78 is 0.941. The third-order valence-corrected chi connectivity index (χ3v) is 4.75. The molecule has 0 spiro atoms. The van der Waals surface area contributed by atoms with Crippen molar-refractivity contribution in [1.82, 2.24) is 20.9 Å². The van der Waals surface area contributed by atoms with Crippen LogP contribution in [0.5, 0.6) is 0 Å². The van der Waals surface area contributed by atoms with Gasteiger partial charge in [0.05, 0.1) is 0 Å². The first kappa shape index (κ1) is 20.2. The molecule has 1 aliphatic heterocycles. The van der Waals surface area contributed by atoms with Crippen LogP contribution in [0.15, 0.2) is 33.7 Å². The van der Waals surface area contributed by atoms with Crippen LogP contribution in [-0.4, -0.2) is 61.9 Å². The fraction of sp³-hybridized carbons (Fsp3) is 0.500. The Morgan fingerprint density at radius 1 is 1.23 bits per heavy atom. The fourth-order valence-corrected chi connectivity index (χ4v) is 3.04. The molecule has 8 heteroatoms. The van der Waals surface area contributed by atoms with E-state index in [0.717, 1.165) is 17.4 Å². The van der Waals surface area contributed by atoms with E-state index in [4.69, 9.17) is 0 Å². The van der Waals surface area contributed by atoms with Gasteiger partial charge in [-0.05, 0) is 30.7 Å². The van der Waals surface area contributed by atoms with Gasteiger partial charge in [0, 0.05) is 55.7 Å². The number of guanidine groups is 1. The number of hydrogen-bond acceptors (Lipinski definition) is 3. The van der Waals surface area contributed by atoms with Gasteiger partial charge in [0.2, 0.25) is 5.91 Å². The predicted molar refractivity (Wildman–Crippen MR) is 106 cm³/mol. The maximum Gasteiger partial charge on any atom is 0.251 e. The largest absolute Gasteiger partial charge is 0.355 e. The van der Waals surface area contributed by atoms with Crippen molar-refractivity contribution in [2.24, 2.45) is 4.99 Å². The highest BCUT2D eigenvalue weighted by molar-refractivity contribution is 9.10. The molecular formula is C18H26BrN5O2. The van der Waals surface area contributed by atoms with E-state index in [0.29, 0.717) is 37.6 Å². The van der Waals surface area contributed by atoms with Crippen molar-refractivity contribution in [2.75, 3.05) is 33.2 Å².